The van der Waals surface area contributed by atoms with E-state index < -0.39 is 0 Å². The maximum atomic E-state index is 6.45. The van der Waals surface area contributed by atoms with Gasteiger partial charge in [0.05, 0.1) is 21.8 Å². The fourth-order valence-electron chi connectivity index (χ4n) is 4.16. The van der Waals surface area contributed by atoms with Crippen LogP contribution in [0.15, 0.2) is 83.4 Å². The highest BCUT2D eigenvalue weighted by Crippen LogP contribution is 2.44. The molecule has 2 aromatic carbocycles. The van der Waals surface area contributed by atoms with Gasteiger partial charge in [-0.3, -0.25) is 4.98 Å². The fraction of sp³-hybridized carbons (Fsp3) is 0.154. The van der Waals surface area contributed by atoms with Gasteiger partial charge < -0.3 is 14.6 Å². The molecule has 166 valence electrons. The van der Waals surface area contributed by atoms with Gasteiger partial charge in [-0.2, -0.15) is 0 Å². The average molecular weight is 494 g/mol. The van der Waals surface area contributed by atoms with Crippen molar-refractivity contribution in [1.29, 1.82) is 0 Å². The molecular weight excluding hydrogens is 473 g/mol. The molecule has 33 heavy (non-hydrogen) atoms. The number of pyridine rings is 1. The maximum Gasteiger partial charge on any atom is 0.174 e. The lowest BCUT2D eigenvalue weighted by Gasteiger charge is -2.26. The smallest absolute Gasteiger partial charge is 0.174 e. The summed E-state index contributed by atoms with van der Waals surface area (Å²) in [7, 11) is 0. The minimum absolute atomic E-state index is 0.182. The van der Waals surface area contributed by atoms with Gasteiger partial charge in [0.25, 0.3) is 0 Å². The highest BCUT2D eigenvalue weighted by molar-refractivity contribution is 7.80. The van der Waals surface area contributed by atoms with Gasteiger partial charge in [0.15, 0.2) is 5.11 Å². The van der Waals surface area contributed by atoms with Crippen molar-refractivity contribution in [3.8, 4) is 11.3 Å². The predicted molar refractivity (Wildman–Crippen MR) is 138 cm³/mol. The molecule has 1 saturated heterocycles. The third-order valence-electron chi connectivity index (χ3n) is 5.86. The van der Waals surface area contributed by atoms with E-state index in [1.807, 2.05) is 42.5 Å². The quantitative estimate of drug-likeness (QED) is 0.293. The normalized spacial score (nSPS) is 17.9. The van der Waals surface area contributed by atoms with Crippen LogP contribution in [-0.2, 0) is 6.42 Å². The first-order valence-corrected chi connectivity index (χ1v) is 11.9. The van der Waals surface area contributed by atoms with Crippen LogP contribution in [0.4, 0.5) is 5.69 Å². The Hall–Kier alpha value is -2.86. The molecule has 7 heteroatoms. The van der Waals surface area contributed by atoms with E-state index in [1.54, 1.807) is 12.3 Å². The third kappa shape index (κ3) is 4.12. The Bertz CT molecular complexity index is 1290. The lowest BCUT2D eigenvalue weighted by Crippen LogP contribution is -2.29. The van der Waals surface area contributed by atoms with Crippen molar-refractivity contribution < 1.29 is 4.42 Å². The van der Waals surface area contributed by atoms with Crippen molar-refractivity contribution in [3.63, 3.8) is 0 Å². The second kappa shape index (κ2) is 9.18. The van der Waals surface area contributed by atoms with Gasteiger partial charge in [0.1, 0.15) is 17.6 Å². The number of halogens is 2. The number of hydrogen-bond acceptors (Lipinski definition) is 3. The second-order valence-electron chi connectivity index (χ2n) is 7.82. The minimum Gasteiger partial charge on any atom is -0.459 e. The van der Waals surface area contributed by atoms with Crippen molar-refractivity contribution in [2.24, 2.45) is 0 Å². The van der Waals surface area contributed by atoms with E-state index in [-0.39, 0.29) is 12.1 Å². The van der Waals surface area contributed by atoms with Crippen LogP contribution >= 0.6 is 35.4 Å². The number of benzene rings is 2. The molecule has 0 amide bonds. The SMILES string of the molecule is CCc1ccc(N2C(=S)N[C@@H](c3ccccn3)[C@@H]2c2ccc(-c3cccc(Cl)c3Cl)o2)cc1. The van der Waals surface area contributed by atoms with Crippen LogP contribution in [0.3, 0.4) is 0 Å². The monoisotopic (exact) mass is 493 g/mol. The first kappa shape index (κ1) is 22.0. The summed E-state index contributed by atoms with van der Waals surface area (Å²) in [6.45, 7) is 2.14. The zero-order valence-corrected chi connectivity index (χ0v) is 20.2. The number of nitrogens with zero attached hydrogens (tertiary/aromatic N) is 2. The molecule has 3 heterocycles. The number of nitrogens with one attached hydrogen (secondary N) is 1. The van der Waals surface area contributed by atoms with Gasteiger partial charge in [-0.15, -0.1) is 0 Å². The zero-order valence-electron chi connectivity index (χ0n) is 17.8. The lowest BCUT2D eigenvalue weighted by atomic mass is 10.0. The highest BCUT2D eigenvalue weighted by atomic mass is 35.5. The zero-order chi connectivity index (χ0) is 22.9. The summed E-state index contributed by atoms with van der Waals surface area (Å²) in [5.74, 6) is 1.40. The van der Waals surface area contributed by atoms with Crippen LogP contribution < -0.4 is 10.2 Å². The molecule has 4 aromatic rings. The standard InChI is InChI=1S/C26H21Cl2N3OS/c1-2-16-9-11-17(12-10-16)31-25(24(30-26(31)33)20-8-3-4-15-29-20)22-14-13-21(32-22)18-6-5-7-19(27)23(18)28/h3-15,24-25H,2H2,1H3,(H,30,33)/t24-,25-/m0/s1. The van der Waals surface area contributed by atoms with Crippen molar-refractivity contribution in [1.82, 2.24) is 10.3 Å². The maximum absolute atomic E-state index is 6.45. The summed E-state index contributed by atoms with van der Waals surface area (Å²) in [6, 6.07) is 23.3. The number of aryl methyl sites for hydroxylation is 1. The van der Waals surface area contributed by atoms with Crippen molar-refractivity contribution >= 4 is 46.2 Å². The van der Waals surface area contributed by atoms with Crippen molar-refractivity contribution in [3.05, 3.63) is 106 Å². The molecule has 2 atom stereocenters. The molecule has 0 aliphatic carbocycles. The Morgan fingerprint density at radius 2 is 1.82 bits per heavy atom. The average Bonchev–Trinajstić information content (AvgIpc) is 3.46. The van der Waals surface area contributed by atoms with E-state index in [4.69, 9.17) is 39.8 Å². The highest BCUT2D eigenvalue weighted by Gasteiger charge is 2.42. The number of rotatable bonds is 5. The van der Waals surface area contributed by atoms with Crippen molar-refractivity contribution in [2.45, 2.75) is 25.4 Å². The van der Waals surface area contributed by atoms with E-state index in [1.165, 1.54) is 5.56 Å². The lowest BCUT2D eigenvalue weighted by molar-refractivity contribution is 0.439. The Balaban J connectivity index is 1.60. The van der Waals surface area contributed by atoms with Gasteiger partial charge in [0, 0.05) is 17.4 Å². The Kier molecular flexibility index (Phi) is 6.11. The number of anilines is 1. The molecule has 4 nitrogen and oxygen atoms in total. The summed E-state index contributed by atoms with van der Waals surface area (Å²) in [5, 5.41) is 5.03. The van der Waals surface area contributed by atoms with Crippen molar-refractivity contribution in [2.75, 3.05) is 4.90 Å². The van der Waals surface area contributed by atoms with Crippen LogP contribution in [0.25, 0.3) is 11.3 Å². The first-order chi connectivity index (χ1) is 16.1. The first-order valence-electron chi connectivity index (χ1n) is 10.7. The number of thiocarbonyl (C=S) groups is 1. The Morgan fingerprint density at radius 1 is 1.00 bits per heavy atom. The van der Waals surface area contributed by atoms with E-state index >= 15 is 0 Å². The van der Waals surface area contributed by atoms with Gasteiger partial charge in [-0.05, 0) is 72.7 Å². The molecule has 1 N–H and O–H groups in total. The molecule has 0 unspecified atom stereocenters. The summed E-state index contributed by atoms with van der Waals surface area (Å²) in [5.41, 5.74) is 3.89. The fourth-order valence-corrected chi connectivity index (χ4v) is 4.90. The summed E-state index contributed by atoms with van der Waals surface area (Å²) in [6.07, 6.45) is 2.76. The molecule has 5 rings (SSSR count). The Labute approximate surface area is 208 Å². The van der Waals surface area contributed by atoms with E-state index in [2.05, 4.69) is 46.4 Å². The van der Waals surface area contributed by atoms with Gasteiger partial charge in [-0.25, -0.2) is 0 Å². The molecule has 0 bridgehead atoms. The van der Waals surface area contributed by atoms with E-state index in [0.29, 0.717) is 20.9 Å². The van der Waals surface area contributed by atoms with Crippen LogP contribution in [0, 0.1) is 0 Å². The van der Waals surface area contributed by atoms with Crippen LogP contribution in [0.2, 0.25) is 10.0 Å². The van der Waals surface area contributed by atoms with Gasteiger partial charge in [0.2, 0.25) is 0 Å². The number of hydrogen-bond donors (Lipinski definition) is 1. The van der Waals surface area contributed by atoms with Crippen LogP contribution in [0.1, 0.15) is 36.0 Å². The van der Waals surface area contributed by atoms with E-state index in [0.717, 1.165) is 29.1 Å². The summed E-state index contributed by atoms with van der Waals surface area (Å²) in [4.78, 5) is 6.68. The van der Waals surface area contributed by atoms with Crippen LogP contribution in [0.5, 0.6) is 0 Å². The van der Waals surface area contributed by atoms with Gasteiger partial charge >= 0.3 is 0 Å². The van der Waals surface area contributed by atoms with Gasteiger partial charge in [-0.1, -0.05) is 54.4 Å². The molecule has 0 saturated carbocycles. The number of furan rings is 1. The molecular formula is C26H21Cl2N3OS. The molecule has 1 aliphatic rings. The summed E-state index contributed by atoms with van der Waals surface area (Å²) < 4.78 is 6.37. The topological polar surface area (TPSA) is 41.3 Å². The molecule has 2 aromatic heterocycles. The minimum atomic E-state index is -0.230. The summed E-state index contributed by atoms with van der Waals surface area (Å²) >= 11 is 18.5. The second-order valence-corrected chi connectivity index (χ2v) is 8.99. The van der Waals surface area contributed by atoms with E-state index in [9.17, 15) is 0 Å². The molecule has 0 spiro atoms. The predicted octanol–water partition coefficient (Wildman–Crippen LogP) is 7.39. The molecule has 1 fully saturated rings. The molecule has 0 radical (unpaired) electrons. The molecule has 1 aliphatic heterocycles. The van der Waals surface area contributed by atoms with Crippen LogP contribution in [-0.4, -0.2) is 10.1 Å². The largest absolute Gasteiger partial charge is 0.459 e. The number of aromatic nitrogens is 1. The Morgan fingerprint density at radius 3 is 2.55 bits per heavy atom. The third-order valence-corrected chi connectivity index (χ3v) is 6.99.